The summed E-state index contributed by atoms with van der Waals surface area (Å²) in [7, 11) is 0. The average Bonchev–Trinajstić information content (AvgIpc) is 2.99. The Kier molecular flexibility index (Phi) is 7.93. The fraction of sp³-hybridized carbons (Fsp3) is 0.121. The molecule has 1 amide bonds. The van der Waals surface area contributed by atoms with Crippen LogP contribution in [0.1, 0.15) is 28.4 Å². The van der Waals surface area contributed by atoms with Gasteiger partial charge in [0.05, 0.1) is 16.8 Å². The number of nitrogens with one attached hydrogen (secondary N) is 1. The number of carbonyl (C=O) groups is 2. The minimum atomic E-state index is -0.586. The zero-order valence-corrected chi connectivity index (χ0v) is 21.6. The number of pyridine rings is 1. The van der Waals surface area contributed by atoms with Crippen LogP contribution in [0.15, 0.2) is 109 Å². The van der Waals surface area contributed by atoms with E-state index < -0.39 is 18.5 Å². The summed E-state index contributed by atoms with van der Waals surface area (Å²) in [5, 5.41) is 3.49. The van der Waals surface area contributed by atoms with Crippen molar-refractivity contribution in [2.75, 3.05) is 11.9 Å². The number of fused-ring (bicyclic) bond motifs is 1. The van der Waals surface area contributed by atoms with Gasteiger partial charge in [0.2, 0.25) is 0 Å². The number of para-hydroxylation sites is 2. The third kappa shape index (κ3) is 6.30. The SMILES string of the molecule is CCc1ccccc1NC(=O)COC(=O)c1cc(-c2ccc(OCc3ccccc3)cc2)nc2ccccc12. The number of hydrogen-bond donors (Lipinski definition) is 1. The number of benzene rings is 4. The van der Waals surface area contributed by atoms with Crippen molar-refractivity contribution >= 4 is 28.5 Å². The second-order valence-electron chi connectivity index (χ2n) is 9.01. The first kappa shape index (κ1) is 25.7. The first-order valence-corrected chi connectivity index (χ1v) is 12.8. The number of anilines is 1. The number of hydrogen-bond acceptors (Lipinski definition) is 5. The molecule has 5 rings (SSSR count). The molecule has 0 saturated heterocycles. The molecule has 0 aliphatic heterocycles. The lowest BCUT2D eigenvalue weighted by Crippen LogP contribution is -2.21. The summed E-state index contributed by atoms with van der Waals surface area (Å²) >= 11 is 0. The summed E-state index contributed by atoms with van der Waals surface area (Å²) in [4.78, 5) is 30.4. The number of amides is 1. The molecule has 0 spiro atoms. The van der Waals surface area contributed by atoms with Crippen LogP contribution in [0.4, 0.5) is 5.69 Å². The molecule has 0 saturated carbocycles. The molecule has 0 atom stereocenters. The van der Waals surface area contributed by atoms with Crippen molar-refractivity contribution < 1.29 is 19.1 Å². The highest BCUT2D eigenvalue weighted by Gasteiger charge is 2.17. The van der Waals surface area contributed by atoms with Crippen LogP contribution in [-0.2, 0) is 22.6 Å². The summed E-state index contributed by atoms with van der Waals surface area (Å²) in [5.41, 5.74) is 5.28. The fourth-order valence-electron chi connectivity index (χ4n) is 4.30. The van der Waals surface area contributed by atoms with E-state index >= 15 is 0 Å². The van der Waals surface area contributed by atoms with Crippen LogP contribution in [0.2, 0.25) is 0 Å². The largest absolute Gasteiger partial charge is 0.489 e. The number of carbonyl (C=O) groups excluding carboxylic acids is 2. The lowest BCUT2D eigenvalue weighted by molar-refractivity contribution is -0.119. The average molecular weight is 517 g/mol. The smallest absolute Gasteiger partial charge is 0.339 e. The Balaban J connectivity index is 1.31. The highest BCUT2D eigenvalue weighted by Crippen LogP contribution is 2.27. The number of esters is 1. The molecule has 0 fully saturated rings. The lowest BCUT2D eigenvalue weighted by Gasteiger charge is -2.12. The first-order chi connectivity index (χ1) is 19.1. The molecule has 0 unspecified atom stereocenters. The van der Waals surface area contributed by atoms with Gasteiger partial charge in [-0.1, -0.05) is 73.7 Å². The monoisotopic (exact) mass is 516 g/mol. The van der Waals surface area contributed by atoms with Gasteiger partial charge in [-0.2, -0.15) is 0 Å². The number of ether oxygens (including phenoxy) is 2. The number of aromatic nitrogens is 1. The second-order valence-corrected chi connectivity index (χ2v) is 9.01. The van der Waals surface area contributed by atoms with E-state index in [1.165, 1.54) is 0 Å². The van der Waals surface area contributed by atoms with Gasteiger partial charge in [-0.25, -0.2) is 9.78 Å². The van der Waals surface area contributed by atoms with E-state index in [-0.39, 0.29) is 0 Å². The van der Waals surface area contributed by atoms with Crippen molar-refractivity contribution in [3.05, 3.63) is 126 Å². The molecule has 0 aliphatic carbocycles. The Morgan fingerprint density at radius 3 is 2.33 bits per heavy atom. The third-order valence-corrected chi connectivity index (χ3v) is 6.34. The van der Waals surface area contributed by atoms with E-state index in [0.29, 0.717) is 34.5 Å². The summed E-state index contributed by atoms with van der Waals surface area (Å²) in [6.07, 6.45) is 0.780. The van der Waals surface area contributed by atoms with Gasteiger partial charge in [0.1, 0.15) is 12.4 Å². The third-order valence-electron chi connectivity index (χ3n) is 6.34. The predicted molar refractivity (Wildman–Crippen MR) is 153 cm³/mol. The maximum atomic E-state index is 13.1. The quantitative estimate of drug-likeness (QED) is 0.217. The molecule has 194 valence electrons. The maximum absolute atomic E-state index is 13.1. The molecule has 1 heterocycles. The molecule has 1 aromatic heterocycles. The minimum Gasteiger partial charge on any atom is -0.489 e. The Bertz CT molecular complexity index is 1600. The van der Waals surface area contributed by atoms with Gasteiger partial charge in [-0.3, -0.25) is 4.79 Å². The number of nitrogens with zero attached hydrogens (tertiary/aromatic N) is 1. The summed E-state index contributed by atoms with van der Waals surface area (Å²) in [6.45, 7) is 2.10. The molecule has 4 aromatic carbocycles. The Morgan fingerprint density at radius 2 is 1.54 bits per heavy atom. The normalized spacial score (nSPS) is 10.7. The number of rotatable bonds is 9. The molecular formula is C33H28N2O4. The lowest BCUT2D eigenvalue weighted by atomic mass is 10.0. The molecule has 1 N–H and O–H groups in total. The van der Waals surface area contributed by atoms with E-state index in [2.05, 4.69) is 5.32 Å². The summed E-state index contributed by atoms with van der Waals surface area (Å²) < 4.78 is 11.3. The Hall–Kier alpha value is -4.97. The predicted octanol–water partition coefficient (Wildman–Crippen LogP) is 6.84. The zero-order chi connectivity index (χ0) is 27.0. The molecular weight excluding hydrogens is 488 g/mol. The van der Waals surface area contributed by atoms with Gasteiger partial charge < -0.3 is 14.8 Å². The van der Waals surface area contributed by atoms with E-state index in [1.54, 1.807) is 6.07 Å². The van der Waals surface area contributed by atoms with Gasteiger partial charge in [-0.05, 0) is 60.0 Å². The standard InChI is InChI=1S/C33H28N2O4/c1-2-24-12-6-8-14-29(24)35-32(36)22-39-33(37)28-20-31(34-30-15-9-7-13-27(28)30)25-16-18-26(19-17-25)38-21-23-10-4-3-5-11-23/h3-20H,2,21-22H2,1H3,(H,35,36). The molecule has 0 bridgehead atoms. The van der Waals surface area contributed by atoms with Crippen LogP contribution >= 0.6 is 0 Å². The fourth-order valence-corrected chi connectivity index (χ4v) is 4.30. The Labute approximate surface area is 227 Å². The van der Waals surface area contributed by atoms with Crippen molar-refractivity contribution in [2.45, 2.75) is 20.0 Å². The molecule has 5 aromatic rings. The van der Waals surface area contributed by atoms with Crippen molar-refractivity contribution in [3.63, 3.8) is 0 Å². The molecule has 39 heavy (non-hydrogen) atoms. The van der Waals surface area contributed by atoms with Gasteiger partial charge in [0, 0.05) is 16.6 Å². The summed E-state index contributed by atoms with van der Waals surface area (Å²) in [5.74, 6) is -0.246. The van der Waals surface area contributed by atoms with Crippen LogP contribution in [0, 0.1) is 0 Å². The highest BCUT2D eigenvalue weighted by molar-refractivity contribution is 6.05. The van der Waals surface area contributed by atoms with Crippen LogP contribution < -0.4 is 10.1 Å². The van der Waals surface area contributed by atoms with Crippen molar-refractivity contribution in [2.24, 2.45) is 0 Å². The topological polar surface area (TPSA) is 77.5 Å². The van der Waals surface area contributed by atoms with Crippen molar-refractivity contribution in [3.8, 4) is 17.0 Å². The van der Waals surface area contributed by atoms with E-state index in [0.717, 1.165) is 28.9 Å². The van der Waals surface area contributed by atoms with Gasteiger partial charge in [0.25, 0.3) is 5.91 Å². The van der Waals surface area contributed by atoms with Gasteiger partial charge in [0.15, 0.2) is 6.61 Å². The van der Waals surface area contributed by atoms with E-state index in [9.17, 15) is 9.59 Å². The highest BCUT2D eigenvalue weighted by atomic mass is 16.5. The van der Waals surface area contributed by atoms with Crippen molar-refractivity contribution in [1.82, 2.24) is 4.98 Å². The van der Waals surface area contributed by atoms with E-state index in [1.807, 2.05) is 110 Å². The summed E-state index contributed by atoms with van der Waals surface area (Å²) in [6, 6.07) is 34.2. The van der Waals surface area contributed by atoms with Crippen LogP contribution in [-0.4, -0.2) is 23.5 Å². The molecule has 0 radical (unpaired) electrons. The maximum Gasteiger partial charge on any atom is 0.339 e. The van der Waals surface area contributed by atoms with Gasteiger partial charge in [-0.15, -0.1) is 0 Å². The van der Waals surface area contributed by atoms with Crippen LogP contribution in [0.5, 0.6) is 5.75 Å². The molecule has 6 nitrogen and oxygen atoms in total. The van der Waals surface area contributed by atoms with Crippen molar-refractivity contribution in [1.29, 1.82) is 0 Å². The second kappa shape index (κ2) is 12.0. The number of aryl methyl sites for hydroxylation is 1. The van der Waals surface area contributed by atoms with Crippen LogP contribution in [0.25, 0.3) is 22.2 Å². The zero-order valence-electron chi connectivity index (χ0n) is 21.6. The van der Waals surface area contributed by atoms with Crippen LogP contribution in [0.3, 0.4) is 0 Å². The first-order valence-electron chi connectivity index (χ1n) is 12.8. The van der Waals surface area contributed by atoms with Gasteiger partial charge >= 0.3 is 5.97 Å². The minimum absolute atomic E-state index is 0.349. The molecule has 0 aliphatic rings. The Morgan fingerprint density at radius 1 is 0.821 bits per heavy atom. The molecule has 6 heteroatoms. The van der Waals surface area contributed by atoms with E-state index in [4.69, 9.17) is 14.5 Å².